The zero-order chi connectivity index (χ0) is 39.3. The van der Waals surface area contributed by atoms with E-state index in [4.69, 9.17) is 14.2 Å². The second-order valence-corrected chi connectivity index (χ2v) is 14.0. The number of benzene rings is 1. The maximum absolute atomic E-state index is 12.7. The molecule has 0 spiro atoms. The van der Waals surface area contributed by atoms with Crippen molar-refractivity contribution >= 4 is 35.5 Å². The predicted octanol–water partition coefficient (Wildman–Crippen LogP) is 8.56. The van der Waals surface area contributed by atoms with Crippen molar-refractivity contribution in [2.75, 3.05) is 38.7 Å². The number of rotatable bonds is 25. The van der Waals surface area contributed by atoms with Crippen LogP contribution < -0.4 is 5.32 Å². The molecule has 1 heterocycles. The van der Waals surface area contributed by atoms with Gasteiger partial charge < -0.3 is 24.3 Å². The van der Waals surface area contributed by atoms with Crippen LogP contribution in [0, 0.1) is 13.8 Å². The summed E-state index contributed by atoms with van der Waals surface area (Å²) in [7, 11) is 1.24. The van der Waals surface area contributed by atoms with Gasteiger partial charge in [0.1, 0.15) is 13.2 Å². The van der Waals surface area contributed by atoms with Crippen molar-refractivity contribution in [3.63, 3.8) is 0 Å². The van der Waals surface area contributed by atoms with Crippen LogP contribution in [0.25, 0.3) is 0 Å². The quantitative estimate of drug-likeness (QED) is 0.0589. The van der Waals surface area contributed by atoms with Crippen LogP contribution >= 0.6 is 0 Å². The van der Waals surface area contributed by atoms with Crippen LogP contribution in [0.1, 0.15) is 154 Å². The van der Waals surface area contributed by atoms with Crippen LogP contribution in [0.4, 0.5) is 5.69 Å². The largest absolute Gasteiger partial charge is 0.469 e. The van der Waals surface area contributed by atoms with Crippen LogP contribution in [-0.2, 0) is 42.9 Å². The SMILES string of the molecule is CCCCCCCC(=O)OCC(COC(=O)CCC(=O)OC)OC(=O)CCCCCCC.CCCCN1CCCCC1C(=O)Nc1c(C)cccc1C. The van der Waals surface area contributed by atoms with Gasteiger partial charge in [-0.05, 0) is 70.2 Å². The highest BCUT2D eigenvalue weighted by Crippen LogP contribution is 2.23. The maximum atomic E-state index is 12.7. The van der Waals surface area contributed by atoms with Gasteiger partial charge in [0.05, 0.1) is 26.0 Å². The van der Waals surface area contributed by atoms with E-state index < -0.39 is 24.0 Å². The van der Waals surface area contributed by atoms with Crippen molar-refractivity contribution in [1.82, 2.24) is 4.90 Å². The number of carbonyl (C=O) groups excluding carboxylic acids is 5. The number of nitrogens with zero attached hydrogens (tertiary/aromatic N) is 1. The topological polar surface area (TPSA) is 138 Å². The fourth-order valence-electron chi connectivity index (χ4n) is 6.06. The lowest BCUT2D eigenvalue weighted by molar-refractivity contribution is -0.167. The standard InChI is InChI=1S/C24H42O8.C18H28N2O/c1-4-6-8-10-12-14-22(26)30-18-20(19-31-23(27)17-16-21(25)29-3)32-24(28)15-13-11-9-7-5-2;1-4-5-12-20-13-7-6-11-16(20)18(21)19-17-14(2)9-8-10-15(17)3/h20H,4-19H2,1-3H3;8-10,16H,4-7,11-13H2,1-3H3,(H,19,21). The number of ether oxygens (including phenoxy) is 4. The lowest BCUT2D eigenvalue weighted by Crippen LogP contribution is -2.47. The summed E-state index contributed by atoms with van der Waals surface area (Å²) < 4.78 is 20.2. The molecule has 0 bridgehead atoms. The zero-order valence-corrected chi connectivity index (χ0v) is 33.8. The smallest absolute Gasteiger partial charge is 0.306 e. The highest BCUT2D eigenvalue weighted by molar-refractivity contribution is 5.96. The van der Waals surface area contributed by atoms with Crippen LogP contribution in [0.3, 0.4) is 0 Å². The summed E-state index contributed by atoms with van der Waals surface area (Å²) in [5.41, 5.74) is 3.27. The Morgan fingerprint density at radius 3 is 1.79 bits per heavy atom. The monoisotopic (exact) mass is 747 g/mol. The number of likely N-dealkylation sites (tertiary alicyclic amines) is 1. The molecule has 1 aromatic carbocycles. The number of nitrogens with one attached hydrogen (secondary N) is 1. The van der Waals surface area contributed by atoms with Crippen LogP contribution in [0.15, 0.2) is 18.2 Å². The Labute approximate surface area is 319 Å². The Kier molecular flexibility index (Phi) is 26.8. The van der Waals surface area contributed by atoms with Gasteiger partial charge in [0, 0.05) is 18.5 Å². The molecule has 0 aliphatic carbocycles. The van der Waals surface area contributed by atoms with Gasteiger partial charge in [-0.25, -0.2) is 0 Å². The Hall–Kier alpha value is -3.47. The predicted molar refractivity (Wildman–Crippen MR) is 208 cm³/mol. The molecule has 11 heteroatoms. The Morgan fingerprint density at radius 2 is 1.23 bits per heavy atom. The molecule has 2 rings (SSSR count). The number of aryl methyl sites for hydroxylation is 2. The number of unbranched alkanes of at least 4 members (excludes halogenated alkanes) is 9. The maximum Gasteiger partial charge on any atom is 0.306 e. The fourth-order valence-corrected chi connectivity index (χ4v) is 6.06. The molecule has 1 N–H and O–H groups in total. The van der Waals surface area contributed by atoms with E-state index in [0.717, 1.165) is 107 Å². The Bertz CT molecular complexity index is 1180. The minimum atomic E-state index is -0.871. The van der Waals surface area contributed by atoms with E-state index in [1.54, 1.807) is 0 Å². The van der Waals surface area contributed by atoms with Crippen molar-refractivity contribution in [2.45, 2.75) is 169 Å². The normalized spacial score (nSPS) is 14.6. The number of methoxy groups -OCH3 is 1. The third-order valence-electron chi connectivity index (χ3n) is 9.33. The van der Waals surface area contributed by atoms with Crippen molar-refractivity contribution < 1.29 is 42.9 Å². The minimum Gasteiger partial charge on any atom is -0.469 e. The van der Waals surface area contributed by atoms with Gasteiger partial charge in [-0.15, -0.1) is 0 Å². The first kappa shape index (κ1) is 47.6. The molecule has 53 heavy (non-hydrogen) atoms. The second kappa shape index (κ2) is 29.9. The summed E-state index contributed by atoms with van der Waals surface area (Å²) in [5.74, 6) is -1.73. The van der Waals surface area contributed by atoms with Crippen molar-refractivity contribution in [2.24, 2.45) is 0 Å². The van der Waals surface area contributed by atoms with Crippen LogP contribution in [-0.4, -0.2) is 80.2 Å². The molecule has 2 atom stereocenters. The van der Waals surface area contributed by atoms with E-state index in [2.05, 4.69) is 61.7 Å². The Morgan fingerprint density at radius 1 is 0.698 bits per heavy atom. The molecule has 1 aliphatic rings. The summed E-state index contributed by atoms with van der Waals surface area (Å²) in [6.07, 6.45) is 15.3. The number of carbonyl (C=O) groups is 5. The molecule has 0 aromatic heterocycles. The van der Waals surface area contributed by atoms with Gasteiger partial charge in [0.2, 0.25) is 5.91 Å². The first-order valence-corrected chi connectivity index (χ1v) is 20.2. The van der Waals surface area contributed by atoms with Crippen molar-refractivity contribution in [1.29, 1.82) is 0 Å². The highest BCUT2D eigenvalue weighted by Gasteiger charge is 2.28. The number of piperidine rings is 1. The molecule has 1 aliphatic heterocycles. The van der Waals surface area contributed by atoms with Gasteiger partial charge in [-0.1, -0.05) is 103 Å². The highest BCUT2D eigenvalue weighted by atomic mass is 16.6. The summed E-state index contributed by atoms with van der Waals surface area (Å²) in [4.78, 5) is 62.1. The summed E-state index contributed by atoms with van der Waals surface area (Å²) >= 11 is 0. The van der Waals surface area contributed by atoms with E-state index in [1.165, 1.54) is 26.4 Å². The van der Waals surface area contributed by atoms with Crippen LogP contribution in [0.2, 0.25) is 0 Å². The van der Waals surface area contributed by atoms with Gasteiger partial charge in [-0.3, -0.25) is 28.9 Å². The molecule has 1 fully saturated rings. The lowest BCUT2D eigenvalue weighted by Gasteiger charge is -2.34. The number of esters is 4. The Balaban J connectivity index is 0.000000573. The van der Waals surface area contributed by atoms with Gasteiger partial charge in [-0.2, -0.15) is 0 Å². The molecule has 1 saturated heterocycles. The number of hydrogen-bond donors (Lipinski definition) is 1. The first-order chi connectivity index (χ1) is 25.6. The zero-order valence-electron chi connectivity index (χ0n) is 33.8. The third-order valence-corrected chi connectivity index (χ3v) is 9.33. The van der Waals surface area contributed by atoms with Crippen molar-refractivity contribution in [3.05, 3.63) is 29.3 Å². The fraction of sp³-hybridized carbons (Fsp3) is 0.738. The van der Waals surface area contributed by atoms with Gasteiger partial charge in [0.15, 0.2) is 6.10 Å². The number of para-hydroxylation sites is 1. The van der Waals surface area contributed by atoms with Gasteiger partial charge in [0.25, 0.3) is 0 Å². The third kappa shape index (κ3) is 22.4. The summed E-state index contributed by atoms with van der Waals surface area (Å²) in [6, 6.07) is 6.19. The van der Waals surface area contributed by atoms with E-state index >= 15 is 0 Å². The van der Waals surface area contributed by atoms with E-state index in [0.29, 0.717) is 6.42 Å². The molecule has 2 unspecified atom stereocenters. The van der Waals surface area contributed by atoms with Crippen LogP contribution in [0.5, 0.6) is 0 Å². The summed E-state index contributed by atoms with van der Waals surface area (Å²) in [6.45, 7) is 12.3. The first-order valence-electron chi connectivity index (χ1n) is 20.2. The average Bonchev–Trinajstić information content (AvgIpc) is 3.15. The molecule has 1 amide bonds. The number of hydrogen-bond acceptors (Lipinski definition) is 10. The average molecular weight is 747 g/mol. The summed E-state index contributed by atoms with van der Waals surface area (Å²) in [5, 5.41) is 3.17. The van der Waals surface area contributed by atoms with E-state index in [1.807, 2.05) is 6.07 Å². The van der Waals surface area contributed by atoms with Crippen molar-refractivity contribution in [3.8, 4) is 0 Å². The lowest BCUT2D eigenvalue weighted by atomic mass is 10.00. The molecule has 11 nitrogen and oxygen atoms in total. The minimum absolute atomic E-state index is 0.0457. The van der Waals surface area contributed by atoms with E-state index in [9.17, 15) is 24.0 Å². The molecular formula is C42H70N2O9. The molecular weight excluding hydrogens is 676 g/mol. The molecule has 302 valence electrons. The molecule has 0 radical (unpaired) electrons. The van der Waals surface area contributed by atoms with Gasteiger partial charge >= 0.3 is 23.9 Å². The second-order valence-electron chi connectivity index (χ2n) is 14.0. The number of amides is 1. The van der Waals surface area contributed by atoms with E-state index in [-0.39, 0.29) is 50.4 Å². The number of anilines is 1. The molecule has 0 saturated carbocycles. The molecule has 1 aromatic rings.